The first kappa shape index (κ1) is 19.4. The van der Waals surface area contributed by atoms with E-state index in [-0.39, 0.29) is 17.8 Å². The number of carbonyl (C=O) groups is 2. The van der Waals surface area contributed by atoms with Crippen molar-refractivity contribution in [2.45, 2.75) is 57.6 Å². The molecule has 6 nitrogen and oxygen atoms in total. The van der Waals surface area contributed by atoms with Crippen molar-refractivity contribution >= 4 is 11.9 Å². The first-order valence-electron chi connectivity index (χ1n) is 10.6. The number of benzene rings is 1. The van der Waals surface area contributed by atoms with Gasteiger partial charge in [0, 0.05) is 43.7 Å². The van der Waals surface area contributed by atoms with E-state index in [1.54, 1.807) is 0 Å². The first-order valence-corrected chi connectivity index (χ1v) is 10.6. The predicted octanol–water partition coefficient (Wildman–Crippen LogP) is 2.69. The van der Waals surface area contributed by atoms with Crippen LogP contribution in [0.3, 0.4) is 0 Å². The fourth-order valence-electron chi connectivity index (χ4n) is 4.84. The lowest BCUT2D eigenvalue weighted by Gasteiger charge is -2.39. The second-order valence-corrected chi connectivity index (χ2v) is 8.46. The number of nitrogens with zero attached hydrogens (tertiary/aromatic N) is 2. The van der Waals surface area contributed by atoms with E-state index in [0.29, 0.717) is 11.6 Å². The third-order valence-electron chi connectivity index (χ3n) is 6.89. The first-order chi connectivity index (χ1) is 13.5. The van der Waals surface area contributed by atoms with Crippen molar-refractivity contribution in [3.05, 3.63) is 35.4 Å². The van der Waals surface area contributed by atoms with Crippen LogP contribution in [0.1, 0.15) is 61.9 Å². The molecule has 28 heavy (non-hydrogen) atoms. The number of piperazine rings is 1. The lowest BCUT2D eigenvalue weighted by Crippen LogP contribution is -2.56. The summed E-state index contributed by atoms with van der Waals surface area (Å²) in [5, 5.41) is 2.07. The molecular weight excluding hydrogens is 354 g/mol. The Kier molecular flexibility index (Phi) is 5.43. The minimum atomic E-state index is -0.521. The van der Waals surface area contributed by atoms with Gasteiger partial charge in [0.05, 0.1) is 5.56 Å². The summed E-state index contributed by atoms with van der Waals surface area (Å²) < 4.78 is 5.80. The van der Waals surface area contributed by atoms with E-state index < -0.39 is 5.60 Å². The number of rotatable bonds is 4. The van der Waals surface area contributed by atoms with Gasteiger partial charge in [0.1, 0.15) is 5.60 Å². The Morgan fingerprint density at radius 2 is 1.89 bits per heavy atom. The van der Waals surface area contributed by atoms with Crippen molar-refractivity contribution in [1.82, 2.24) is 15.3 Å². The van der Waals surface area contributed by atoms with Crippen LogP contribution in [-0.4, -0.2) is 54.0 Å². The molecule has 4 rings (SSSR count). The van der Waals surface area contributed by atoms with Gasteiger partial charge < -0.3 is 4.74 Å². The Hall–Kier alpha value is -1.92. The molecule has 1 N–H and O–H groups in total. The highest BCUT2D eigenvalue weighted by molar-refractivity contribution is 5.94. The van der Waals surface area contributed by atoms with Crippen LogP contribution in [0, 0.1) is 5.92 Å². The van der Waals surface area contributed by atoms with Crippen molar-refractivity contribution < 1.29 is 14.3 Å². The molecule has 0 bridgehead atoms. The molecule has 1 saturated heterocycles. The molecule has 2 fully saturated rings. The quantitative estimate of drug-likeness (QED) is 0.808. The van der Waals surface area contributed by atoms with E-state index >= 15 is 0 Å². The van der Waals surface area contributed by atoms with Gasteiger partial charge in [-0.2, -0.15) is 0 Å². The monoisotopic (exact) mass is 385 g/mol. The van der Waals surface area contributed by atoms with Crippen LogP contribution in [0.15, 0.2) is 24.3 Å². The van der Waals surface area contributed by atoms with Crippen LogP contribution < -0.4 is 5.43 Å². The second kappa shape index (κ2) is 7.84. The standard InChI is InChI=1S/C22H31N3O3/c1-3-16(2)24-12-14-25(15-13-24)23-20(26)17-8-10-22(11-9-17)19-7-5-4-6-18(19)21(27)28-22/h4-7,16-17H,3,8-15H2,1-2H3,(H,23,26). The smallest absolute Gasteiger partial charge is 0.339 e. The summed E-state index contributed by atoms with van der Waals surface area (Å²) in [4.78, 5) is 27.5. The minimum absolute atomic E-state index is 0.00955. The largest absolute Gasteiger partial charge is 0.451 e. The Morgan fingerprint density at radius 3 is 2.57 bits per heavy atom. The molecule has 1 aromatic rings. The van der Waals surface area contributed by atoms with E-state index in [4.69, 9.17) is 4.74 Å². The Morgan fingerprint density at radius 1 is 1.21 bits per heavy atom. The molecule has 0 radical (unpaired) electrons. The number of amides is 1. The number of hydrazine groups is 1. The third-order valence-corrected chi connectivity index (χ3v) is 6.89. The zero-order valence-corrected chi connectivity index (χ0v) is 16.9. The molecule has 2 heterocycles. The number of nitrogens with one attached hydrogen (secondary N) is 1. The Labute approximate surface area is 167 Å². The minimum Gasteiger partial charge on any atom is -0.451 e. The van der Waals surface area contributed by atoms with E-state index in [1.807, 2.05) is 24.3 Å². The zero-order chi connectivity index (χ0) is 19.7. The van der Waals surface area contributed by atoms with E-state index in [2.05, 4.69) is 29.2 Å². The van der Waals surface area contributed by atoms with E-state index in [0.717, 1.165) is 63.8 Å². The average molecular weight is 386 g/mol. The highest BCUT2D eigenvalue weighted by atomic mass is 16.6. The SMILES string of the molecule is CCC(C)N1CCN(NC(=O)C2CCC3(CC2)OC(=O)c2ccccc23)CC1. The van der Waals surface area contributed by atoms with Gasteiger partial charge in [-0.1, -0.05) is 25.1 Å². The van der Waals surface area contributed by atoms with Gasteiger partial charge in [-0.05, 0) is 45.1 Å². The number of ether oxygens (including phenoxy) is 1. The molecule has 6 heteroatoms. The summed E-state index contributed by atoms with van der Waals surface area (Å²) >= 11 is 0. The normalized spacial score (nSPS) is 29.4. The van der Waals surface area contributed by atoms with Gasteiger partial charge in [0.2, 0.25) is 5.91 Å². The molecule has 1 atom stereocenters. The number of esters is 1. The maximum absolute atomic E-state index is 12.8. The molecule has 1 saturated carbocycles. The molecule has 1 aromatic carbocycles. The molecule has 0 aromatic heterocycles. The number of carbonyl (C=O) groups excluding carboxylic acids is 2. The van der Waals surface area contributed by atoms with Gasteiger partial charge >= 0.3 is 5.97 Å². The van der Waals surface area contributed by atoms with Crippen molar-refractivity contribution in [1.29, 1.82) is 0 Å². The van der Waals surface area contributed by atoms with Gasteiger partial charge in [-0.15, -0.1) is 0 Å². The second-order valence-electron chi connectivity index (χ2n) is 8.46. The van der Waals surface area contributed by atoms with Crippen LogP contribution in [0.25, 0.3) is 0 Å². The molecule has 1 spiro atoms. The highest BCUT2D eigenvalue weighted by Gasteiger charge is 2.48. The van der Waals surface area contributed by atoms with Crippen LogP contribution in [-0.2, 0) is 15.1 Å². The zero-order valence-electron chi connectivity index (χ0n) is 16.9. The van der Waals surface area contributed by atoms with Crippen LogP contribution >= 0.6 is 0 Å². The molecular formula is C22H31N3O3. The summed E-state index contributed by atoms with van der Waals surface area (Å²) in [5.74, 6) is -0.119. The maximum Gasteiger partial charge on any atom is 0.339 e. The number of hydrogen-bond acceptors (Lipinski definition) is 5. The van der Waals surface area contributed by atoms with Crippen molar-refractivity contribution in [2.75, 3.05) is 26.2 Å². The average Bonchev–Trinajstić information content (AvgIpc) is 3.00. The fraction of sp³-hybridized carbons (Fsp3) is 0.636. The Balaban J connectivity index is 1.30. The molecule has 1 aliphatic carbocycles. The van der Waals surface area contributed by atoms with Crippen molar-refractivity contribution in [3.63, 3.8) is 0 Å². The lowest BCUT2D eigenvalue weighted by molar-refractivity contribution is -0.134. The van der Waals surface area contributed by atoms with Crippen LogP contribution in [0.5, 0.6) is 0 Å². The summed E-state index contributed by atoms with van der Waals surface area (Å²) in [6, 6.07) is 8.27. The van der Waals surface area contributed by atoms with E-state index in [9.17, 15) is 9.59 Å². The number of hydrogen-bond donors (Lipinski definition) is 1. The van der Waals surface area contributed by atoms with Crippen LogP contribution in [0.2, 0.25) is 0 Å². The Bertz CT molecular complexity index is 734. The summed E-state index contributed by atoms with van der Waals surface area (Å²) in [6.07, 6.45) is 4.09. The number of fused-ring (bicyclic) bond motifs is 2. The molecule has 2 aliphatic heterocycles. The van der Waals surface area contributed by atoms with Crippen LogP contribution in [0.4, 0.5) is 0 Å². The molecule has 1 unspecified atom stereocenters. The van der Waals surface area contributed by atoms with Gasteiger partial charge in [-0.25, -0.2) is 9.80 Å². The molecule has 1 amide bonds. The summed E-state index contributed by atoms with van der Waals surface area (Å²) in [5.41, 5.74) is 4.30. The van der Waals surface area contributed by atoms with Gasteiger partial charge in [-0.3, -0.25) is 15.1 Å². The van der Waals surface area contributed by atoms with Gasteiger partial charge in [0.25, 0.3) is 0 Å². The topological polar surface area (TPSA) is 61.9 Å². The fourth-order valence-corrected chi connectivity index (χ4v) is 4.84. The molecule has 152 valence electrons. The van der Waals surface area contributed by atoms with Crippen molar-refractivity contribution in [3.8, 4) is 0 Å². The predicted molar refractivity (Wildman–Crippen MR) is 107 cm³/mol. The maximum atomic E-state index is 12.8. The highest BCUT2D eigenvalue weighted by Crippen LogP contribution is 2.48. The third kappa shape index (κ3) is 3.55. The lowest BCUT2D eigenvalue weighted by atomic mass is 9.75. The van der Waals surface area contributed by atoms with E-state index in [1.165, 1.54) is 0 Å². The summed E-state index contributed by atoms with van der Waals surface area (Å²) in [7, 11) is 0. The van der Waals surface area contributed by atoms with Crippen molar-refractivity contribution in [2.24, 2.45) is 5.92 Å². The molecule has 3 aliphatic rings. The van der Waals surface area contributed by atoms with Gasteiger partial charge in [0.15, 0.2) is 0 Å². The summed E-state index contributed by atoms with van der Waals surface area (Å²) in [6.45, 7) is 8.22.